The SMILES string of the molecule is CCCC(C)(C)NCc1cccc(C)n1. The van der Waals surface area contributed by atoms with Gasteiger partial charge < -0.3 is 5.32 Å². The second kappa shape index (κ2) is 5.26. The molecule has 1 aromatic heterocycles. The first-order valence-corrected chi connectivity index (χ1v) is 5.71. The number of pyridine rings is 1. The summed E-state index contributed by atoms with van der Waals surface area (Å²) >= 11 is 0. The second-order valence-electron chi connectivity index (χ2n) is 4.76. The lowest BCUT2D eigenvalue weighted by atomic mass is 9.99. The number of aryl methyl sites for hydroxylation is 1. The third-order valence-electron chi connectivity index (χ3n) is 2.57. The van der Waals surface area contributed by atoms with Crippen LogP contribution in [0.1, 0.15) is 45.0 Å². The number of hydrogen-bond acceptors (Lipinski definition) is 2. The van der Waals surface area contributed by atoms with E-state index in [1.807, 2.05) is 13.0 Å². The highest BCUT2D eigenvalue weighted by Gasteiger charge is 2.15. The summed E-state index contributed by atoms with van der Waals surface area (Å²) in [6.07, 6.45) is 2.40. The summed E-state index contributed by atoms with van der Waals surface area (Å²) in [7, 11) is 0. The molecule has 1 heterocycles. The fourth-order valence-electron chi connectivity index (χ4n) is 1.74. The molecule has 84 valence electrons. The van der Waals surface area contributed by atoms with E-state index in [9.17, 15) is 0 Å². The van der Waals surface area contributed by atoms with Crippen LogP contribution in [-0.4, -0.2) is 10.5 Å². The van der Waals surface area contributed by atoms with Crippen molar-refractivity contribution < 1.29 is 0 Å². The number of hydrogen-bond donors (Lipinski definition) is 1. The van der Waals surface area contributed by atoms with Gasteiger partial charge in [-0.2, -0.15) is 0 Å². The quantitative estimate of drug-likeness (QED) is 0.801. The first-order valence-electron chi connectivity index (χ1n) is 5.71. The van der Waals surface area contributed by atoms with E-state index >= 15 is 0 Å². The van der Waals surface area contributed by atoms with Crippen LogP contribution in [0.2, 0.25) is 0 Å². The van der Waals surface area contributed by atoms with Crippen LogP contribution >= 0.6 is 0 Å². The predicted octanol–water partition coefficient (Wildman–Crippen LogP) is 3.06. The Morgan fingerprint density at radius 3 is 2.67 bits per heavy atom. The predicted molar refractivity (Wildman–Crippen MR) is 64.8 cm³/mol. The molecule has 0 fully saturated rings. The van der Waals surface area contributed by atoms with Crippen molar-refractivity contribution in [1.29, 1.82) is 0 Å². The molecule has 15 heavy (non-hydrogen) atoms. The van der Waals surface area contributed by atoms with Gasteiger partial charge in [0.05, 0.1) is 5.69 Å². The van der Waals surface area contributed by atoms with Gasteiger partial charge in [0.25, 0.3) is 0 Å². The summed E-state index contributed by atoms with van der Waals surface area (Å²) in [5.74, 6) is 0. The Morgan fingerprint density at radius 2 is 2.07 bits per heavy atom. The Labute approximate surface area is 93.1 Å². The molecule has 0 atom stereocenters. The number of rotatable bonds is 5. The van der Waals surface area contributed by atoms with Gasteiger partial charge in [0.1, 0.15) is 0 Å². The Kier molecular flexibility index (Phi) is 4.28. The van der Waals surface area contributed by atoms with Crippen LogP contribution in [0, 0.1) is 6.92 Å². The molecule has 0 aromatic carbocycles. The monoisotopic (exact) mass is 206 g/mol. The van der Waals surface area contributed by atoms with Gasteiger partial charge in [-0.05, 0) is 39.3 Å². The molecule has 2 nitrogen and oxygen atoms in total. The molecule has 0 bridgehead atoms. The summed E-state index contributed by atoms with van der Waals surface area (Å²) in [4.78, 5) is 4.47. The summed E-state index contributed by atoms with van der Waals surface area (Å²) in [5, 5.41) is 3.54. The van der Waals surface area contributed by atoms with Crippen LogP contribution in [0.5, 0.6) is 0 Å². The van der Waals surface area contributed by atoms with Gasteiger partial charge in [0.15, 0.2) is 0 Å². The van der Waals surface area contributed by atoms with E-state index in [-0.39, 0.29) is 5.54 Å². The van der Waals surface area contributed by atoms with E-state index in [2.05, 4.69) is 43.2 Å². The van der Waals surface area contributed by atoms with Crippen molar-refractivity contribution in [2.45, 2.75) is 52.6 Å². The van der Waals surface area contributed by atoms with Crippen molar-refractivity contribution in [3.05, 3.63) is 29.6 Å². The molecule has 1 aromatic rings. The average molecular weight is 206 g/mol. The molecular formula is C13H22N2. The average Bonchev–Trinajstić information content (AvgIpc) is 2.15. The van der Waals surface area contributed by atoms with Crippen LogP contribution < -0.4 is 5.32 Å². The van der Waals surface area contributed by atoms with Crippen LogP contribution in [0.3, 0.4) is 0 Å². The zero-order valence-corrected chi connectivity index (χ0v) is 10.3. The number of aromatic nitrogens is 1. The van der Waals surface area contributed by atoms with Crippen molar-refractivity contribution in [2.75, 3.05) is 0 Å². The Hall–Kier alpha value is -0.890. The van der Waals surface area contributed by atoms with Crippen molar-refractivity contribution >= 4 is 0 Å². The molecule has 0 spiro atoms. The number of nitrogens with one attached hydrogen (secondary N) is 1. The van der Waals surface area contributed by atoms with Gasteiger partial charge in [0.2, 0.25) is 0 Å². The third-order valence-corrected chi connectivity index (χ3v) is 2.57. The summed E-state index contributed by atoms with van der Waals surface area (Å²) in [5.41, 5.74) is 2.42. The summed E-state index contributed by atoms with van der Waals surface area (Å²) in [6, 6.07) is 6.16. The Balaban J connectivity index is 2.49. The maximum Gasteiger partial charge on any atom is 0.0545 e. The highest BCUT2D eigenvalue weighted by molar-refractivity contribution is 5.09. The van der Waals surface area contributed by atoms with Gasteiger partial charge in [-0.25, -0.2) is 0 Å². The minimum atomic E-state index is 0.209. The van der Waals surface area contributed by atoms with Gasteiger partial charge in [-0.3, -0.25) is 4.98 Å². The first kappa shape index (κ1) is 12.2. The van der Waals surface area contributed by atoms with Gasteiger partial charge in [0, 0.05) is 17.8 Å². The molecule has 1 N–H and O–H groups in total. The molecular weight excluding hydrogens is 184 g/mol. The smallest absolute Gasteiger partial charge is 0.0545 e. The Bertz CT molecular complexity index is 305. The normalized spacial score (nSPS) is 11.7. The number of nitrogens with zero attached hydrogens (tertiary/aromatic N) is 1. The molecule has 0 aliphatic rings. The van der Waals surface area contributed by atoms with Crippen molar-refractivity contribution in [1.82, 2.24) is 10.3 Å². The zero-order chi connectivity index (χ0) is 11.3. The van der Waals surface area contributed by atoms with E-state index < -0.39 is 0 Å². The minimum Gasteiger partial charge on any atom is -0.306 e. The lowest BCUT2D eigenvalue weighted by Gasteiger charge is -2.25. The van der Waals surface area contributed by atoms with E-state index in [0.717, 1.165) is 17.9 Å². The highest BCUT2D eigenvalue weighted by Crippen LogP contribution is 2.11. The lowest BCUT2D eigenvalue weighted by molar-refractivity contribution is 0.355. The maximum absolute atomic E-state index is 4.47. The standard InChI is InChI=1S/C13H22N2/c1-5-9-13(3,4)14-10-12-8-6-7-11(2)15-12/h6-8,14H,5,9-10H2,1-4H3. The van der Waals surface area contributed by atoms with Crippen LogP contribution in [0.25, 0.3) is 0 Å². The van der Waals surface area contributed by atoms with Crippen LogP contribution in [0.4, 0.5) is 0 Å². The molecule has 0 saturated carbocycles. The maximum atomic E-state index is 4.47. The van der Waals surface area contributed by atoms with Crippen LogP contribution in [-0.2, 0) is 6.54 Å². The molecule has 0 saturated heterocycles. The lowest BCUT2D eigenvalue weighted by Crippen LogP contribution is -2.38. The molecule has 0 aliphatic carbocycles. The topological polar surface area (TPSA) is 24.9 Å². The molecule has 2 heteroatoms. The van der Waals surface area contributed by atoms with Gasteiger partial charge in [-0.15, -0.1) is 0 Å². The van der Waals surface area contributed by atoms with Crippen molar-refractivity contribution in [3.63, 3.8) is 0 Å². The molecule has 1 rings (SSSR count). The zero-order valence-electron chi connectivity index (χ0n) is 10.3. The van der Waals surface area contributed by atoms with E-state index in [1.54, 1.807) is 0 Å². The third kappa shape index (κ3) is 4.43. The molecule has 0 unspecified atom stereocenters. The van der Waals surface area contributed by atoms with E-state index in [4.69, 9.17) is 0 Å². The first-order chi connectivity index (χ1) is 7.03. The van der Waals surface area contributed by atoms with E-state index in [0.29, 0.717) is 0 Å². The molecule has 0 amide bonds. The van der Waals surface area contributed by atoms with Gasteiger partial charge >= 0.3 is 0 Å². The fraction of sp³-hybridized carbons (Fsp3) is 0.615. The largest absolute Gasteiger partial charge is 0.306 e. The van der Waals surface area contributed by atoms with Crippen LogP contribution in [0.15, 0.2) is 18.2 Å². The van der Waals surface area contributed by atoms with Gasteiger partial charge in [-0.1, -0.05) is 19.4 Å². The van der Waals surface area contributed by atoms with Crippen molar-refractivity contribution in [2.24, 2.45) is 0 Å². The fourth-order valence-corrected chi connectivity index (χ4v) is 1.74. The Morgan fingerprint density at radius 1 is 1.33 bits per heavy atom. The highest BCUT2D eigenvalue weighted by atomic mass is 15.0. The molecule has 0 aliphatic heterocycles. The second-order valence-corrected chi connectivity index (χ2v) is 4.76. The summed E-state index contributed by atoms with van der Waals surface area (Å²) < 4.78 is 0. The summed E-state index contributed by atoms with van der Waals surface area (Å²) in [6.45, 7) is 9.59. The van der Waals surface area contributed by atoms with E-state index in [1.165, 1.54) is 12.8 Å². The van der Waals surface area contributed by atoms with Crippen molar-refractivity contribution in [3.8, 4) is 0 Å². The molecule has 0 radical (unpaired) electrons. The minimum absolute atomic E-state index is 0.209.